The van der Waals surface area contributed by atoms with Crippen LogP contribution >= 0.6 is 28.6 Å². The van der Waals surface area contributed by atoms with E-state index in [0.717, 1.165) is 0 Å². The molecule has 0 unspecified atom stereocenters. The first kappa shape index (κ1) is 19.0. The molecule has 2 aromatic rings. The molecule has 20 heavy (non-hydrogen) atoms. The fraction of sp³-hybridized carbons (Fsp3) is 0. The molecule has 2 aromatic carbocycles. The van der Waals surface area contributed by atoms with Gasteiger partial charge in [-0.3, -0.25) is 0 Å². The Bertz CT molecular complexity index is 496. The van der Waals surface area contributed by atoms with Crippen molar-refractivity contribution in [2.45, 2.75) is 0 Å². The summed E-state index contributed by atoms with van der Waals surface area (Å²) in [4.78, 5) is 0. The molecule has 107 valence electrons. The van der Waals surface area contributed by atoms with Crippen molar-refractivity contribution >= 4 is 28.6 Å². The van der Waals surface area contributed by atoms with Gasteiger partial charge in [0.1, 0.15) is 0 Å². The molecule has 0 N–H and O–H groups in total. The van der Waals surface area contributed by atoms with Crippen LogP contribution in [0.5, 0.6) is 0 Å². The molecule has 0 fully saturated rings. The van der Waals surface area contributed by atoms with E-state index in [2.05, 4.69) is 0 Å². The van der Waals surface area contributed by atoms with Crippen LogP contribution < -0.4 is 0 Å². The number of hydrogen-bond donors (Lipinski definition) is 0. The van der Waals surface area contributed by atoms with Crippen LogP contribution in [0.2, 0.25) is 0 Å². The summed E-state index contributed by atoms with van der Waals surface area (Å²) < 4.78 is 0. The number of halogens is 3. The summed E-state index contributed by atoms with van der Waals surface area (Å²) in [5, 5.41) is 16.6. The molecule has 0 spiro atoms. The van der Waals surface area contributed by atoms with Gasteiger partial charge in [-0.1, -0.05) is 36.4 Å². The van der Waals surface area contributed by atoms with Gasteiger partial charge in [-0.05, 0) is 24.3 Å². The first-order chi connectivity index (χ1) is 9.60. The van der Waals surface area contributed by atoms with Crippen molar-refractivity contribution in [3.8, 4) is 12.1 Å². The molecule has 0 aliphatic carbocycles. The predicted octanol–water partition coefficient (Wildman–Crippen LogP) is 5.18. The van der Waals surface area contributed by atoms with E-state index in [9.17, 15) is 0 Å². The van der Waals surface area contributed by atoms with Gasteiger partial charge in [0.2, 0.25) is 0 Å². The molecule has 6 heteroatoms. The summed E-state index contributed by atoms with van der Waals surface area (Å²) in [6.07, 6.45) is 0. The summed E-state index contributed by atoms with van der Waals surface area (Å²) in [7, 11) is 14.8. The standard InChI is InChI=1S/2C7H5N.3ClH.Pd/c2*8-6-7-4-2-1-3-5-7;;;;/h2*1-5H;3*1H;/q;;;;;+3/p-3. The van der Waals surface area contributed by atoms with Gasteiger partial charge in [0.15, 0.2) is 0 Å². The van der Waals surface area contributed by atoms with E-state index in [-0.39, 0.29) is 0 Å². The van der Waals surface area contributed by atoms with E-state index < -0.39 is 13.7 Å². The molecule has 2 rings (SSSR count). The molecule has 0 aliphatic heterocycles. The summed E-state index contributed by atoms with van der Waals surface area (Å²) >= 11 is -1.57. The summed E-state index contributed by atoms with van der Waals surface area (Å²) in [6, 6.07) is 22.3. The molecule has 0 aromatic heterocycles. The maximum atomic E-state index is 8.29. The van der Waals surface area contributed by atoms with Gasteiger partial charge in [0.25, 0.3) is 0 Å². The van der Waals surface area contributed by atoms with Crippen molar-refractivity contribution in [2.24, 2.45) is 0 Å². The number of benzene rings is 2. The SMILES string of the molecule is N#Cc1ccccc1.N#Cc1ccccc1.[Cl][Pd]([Cl])[Cl]. The van der Waals surface area contributed by atoms with Gasteiger partial charge < -0.3 is 0 Å². The summed E-state index contributed by atoms with van der Waals surface area (Å²) in [5.41, 5.74) is 1.43. The second-order valence-electron chi connectivity index (χ2n) is 3.09. The predicted molar refractivity (Wildman–Crippen MR) is 79.9 cm³/mol. The zero-order valence-electron chi connectivity index (χ0n) is 10.1. The monoisotopic (exact) mass is 417 g/mol. The zero-order chi connectivity index (χ0) is 15.2. The van der Waals surface area contributed by atoms with Crippen LogP contribution in [0.4, 0.5) is 0 Å². The Morgan fingerprint density at radius 3 is 1.05 bits per heavy atom. The fourth-order valence-corrected chi connectivity index (χ4v) is 1.03. The van der Waals surface area contributed by atoms with Crippen molar-refractivity contribution in [3.05, 3.63) is 71.8 Å². The number of hydrogen-bond acceptors (Lipinski definition) is 2. The average Bonchev–Trinajstić information content (AvgIpc) is 2.49. The Morgan fingerprint density at radius 1 is 0.650 bits per heavy atom. The molecular weight excluding hydrogens is 409 g/mol. The molecule has 2 nitrogen and oxygen atoms in total. The minimum absolute atomic E-state index is 0.715. The quantitative estimate of drug-likeness (QED) is 0.553. The van der Waals surface area contributed by atoms with Gasteiger partial charge in [0.05, 0.1) is 23.3 Å². The van der Waals surface area contributed by atoms with Crippen LogP contribution in [0.25, 0.3) is 0 Å². The van der Waals surface area contributed by atoms with E-state index in [1.54, 1.807) is 24.3 Å². The van der Waals surface area contributed by atoms with E-state index >= 15 is 0 Å². The molecule has 0 radical (unpaired) electrons. The van der Waals surface area contributed by atoms with Crippen LogP contribution in [-0.4, -0.2) is 0 Å². The number of nitrogens with zero attached hydrogens (tertiary/aromatic N) is 2. The third-order valence-electron chi connectivity index (χ3n) is 1.81. The Labute approximate surface area is 136 Å². The van der Waals surface area contributed by atoms with E-state index in [1.165, 1.54) is 0 Å². The molecule has 0 bridgehead atoms. The number of nitriles is 2. The van der Waals surface area contributed by atoms with Crippen molar-refractivity contribution in [1.29, 1.82) is 10.5 Å². The second-order valence-corrected chi connectivity index (χ2v) is 10.2. The topological polar surface area (TPSA) is 47.6 Å². The summed E-state index contributed by atoms with van der Waals surface area (Å²) in [5.74, 6) is 0. The van der Waals surface area contributed by atoms with Gasteiger partial charge in [-0.15, -0.1) is 0 Å². The normalized spacial score (nSPS) is 8.55. The first-order valence-corrected chi connectivity index (χ1v) is 11.1. The van der Waals surface area contributed by atoms with E-state index in [1.807, 2.05) is 48.5 Å². The molecule has 0 aliphatic rings. The van der Waals surface area contributed by atoms with Crippen molar-refractivity contribution in [1.82, 2.24) is 0 Å². The minimum atomic E-state index is -1.57. The Balaban J connectivity index is 0.000000289. The zero-order valence-corrected chi connectivity index (χ0v) is 13.9. The Kier molecular flexibility index (Phi) is 12.3. The van der Waals surface area contributed by atoms with E-state index in [4.69, 9.17) is 39.1 Å². The first-order valence-electron chi connectivity index (χ1n) is 5.13. The van der Waals surface area contributed by atoms with Crippen LogP contribution in [0.15, 0.2) is 60.7 Å². The Morgan fingerprint density at radius 2 is 0.900 bits per heavy atom. The van der Waals surface area contributed by atoms with E-state index in [0.29, 0.717) is 11.1 Å². The van der Waals surface area contributed by atoms with Gasteiger partial charge in [0, 0.05) is 0 Å². The maximum absolute atomic E-state index is 8.29. The molecule has 0 atom stereocenters. The summed E-state index contributed by atoms with van der Waals surface area (Å²) in [6.45, 7) is 0. The Hall–Kier alpha value is -1.05. The third-order valence-corrected chi connectivity index (χ3v) is 1.81. The second kappa shape index (κ2) is 13.0. The van der Waals surface area contributed by atoms with Crippen molar-refractivity contribution in [3.63, 3.8) is 0 Å². The van der Waals surface area contributed by atoms with Crippen LogP contribution in [0.1, 0.15) is 11.1 Å². The number of rotatable bonds is 0. The van der Waals surface area contributed by atoms with Gasteiger partial charge >= 0.3 is 42.3 Å². The molecule has 0 heterocycles. The fourth-order valence-electron chi connectivity index (χ4n) is 1.03. The van der Waals surface area contributed by atoms with Crippen LogP contribution in [0, 0.1) is 22.7 Å². The molecular formula is C14H10Cl3N2Pd. The van der Waals surface area contributed by atoms with Crippen molar-refractivity contribution < 1.29 is 13.7 Å². The van der Waals surface area contributed by atoms with Crippen molar-refractivity contribution in [2.75, 3.05) is 0 Å². The molecule has 0 saturated heterocycles. The third kappa shape index (κ3) is 12.0. The molecule has 0 saturated carbocycles. The van der Waals surface area contributed by atoms with Crippen LogP contribution in [-0.2, 0) is 13.7 Å². The molecule has 0 amide bonds. The van der Waals surface area contributed by atoms with Gasteiger partial charge in [-0.25, -0.2) is 0 Å². The van der Waals surface area contributed by atoms with Crippen LogP contribution in [0.3, 0.4) is 0 Å². The average molecular weight is 419 g/mol. The van der Waals surface area contributed by atoms with Gasteiger partial charge in [-0.2, -0.15) is 10.5 Å².